The molecule has 1 amide bonds. The van der Waals surface area contributed by atoms with Crippen molar-refractivity contribution in [2.45, 2.75) is 18.9 Å². The van der Waals surface area contributed by atoms with Crippen molar-refractivity contribution in [3.05, 3.63) is 35.4 Å². The van der Waals surface area contributed by atoms with Gasteiger partial charge in [0.2, 0.25) is 0 Å². The van der Waals surface area contributed by atoms with Crippen molar-refractivity contribution < 1.29 is 9.59 Å². The topological polar surface area (TPSA) is 58.2 Å². The summed E-state index contributed by atoms with van der Waals surface area (Å²) in [6.45, 7) is 1.89. The number of nitrogens with one attached hydrogen (secondary N) is 2. The Kier molecular flexibility index (Phi) is 3.88. The zero-order valence-corrected chi connectivity index (χ0v) is 9.61. The van der Waals surface area contributed by atoms with Gasteiger partial charge in [0.1, 0.15) is 6.29 Å². The summed E-state index contributed by atoms with van der Waals surface area (Å²) in [5, 5.41) is 6.24. The highest BCUT2D eigenvalue weighted by molar-refractivity contribution is 5.95. The van der Waals surface area contributed by atoms with Gasteiger partial charge in [-0.25, -0.2) is 0 Å². The smallest absolute Gasteiger partial charge is 0.251 e. The van der Waals surface area contributed by atoms with Gasteiger partial charge in [0.15, 0.2) is 0 Å². The van der Waals surface area contributed by atoms with Crippen molar-refractivity contribution in [2.24, 2.45) is 0 Å². The average Bonchev–Trinajstić information content (AvgIpc) is 2.40. The molecule has 4 heteroatoms. The molecule has 0 bridgehead atoms. The predicted molar refractivity (Wildman–Crippen MR) is 65.2 cm³/mol. The minimum Gasteiger partial charge on any atom is -0.349 e. The number of hydrogen-bond acceptors (Lipinski definition) is 3. The highest BCUT2D eigenvalue weighted by atomic mass is 16.1. The normalized spacial score (nSPS) is 16.5. The maximum absolute atomic E-state index is 11.9. The van der Waals surface area contributed by atoms with E-state index < -0.39 is 0 Å². The number of amides is 1. The maximum Gasteiger partial charge on any atom is 0.251 e. The van der Waals surface area contributed by atoms with Crippen molar-refractivity contribution in [3.8, 4) is 0 Å². The minimum atomic E-state index is -0.0967. The Morgan fingerprint density at radius 2 is 2.12 bits per heavy atom. The molecule has 0 spiro atoms. The summed E-state index contributed by atoms with van der Waals surface area (Å²) in [7, 11) is 0. The molecule has 1 heterocycles. The van der Waals surface area contributed by atoms with Crippen LogP contribution in [0.25, 0.3) is 0 Å². The molecule has 1 fully saturated rings. The summed E-state index contributed by atoms with van der Waals surface area (Å²) in [5.74, 6) is -0.0967. The fraction of sp³-hybridized carbons (Fsp3) is 0.385. The van der Waals surface area contributed by atoms with E-state index in [1.165, 1.54) is 0 Å². The van der Waals surface area contributed by atoms with E-state index in [9.17, 15) is 9.59 Å². The van der Waals surface area contributed by atoms with E-state index in [4.69, 9.17) is 0 Å². The molecule has 4 nitrogen and oxygen atoms in total. The van der Waals surface area contributed by atoms with E-state index in [1.807, 2.05) is 0 Å². The molecule has 2 rings (SSSR count). The number of piperidine rings is 1. The predicted octanol–water partition coefficient (Wildman–Crippen LogP) is 0.981. The van der Waals surface area contributed by atoms with Crippen molar-refractivity contribution in [3.63, 3.8) is 0 Å². The Labute approximate surface area is 100 Å². The molecule has 0 atom stereocenters. The van der Waals surface area contributed by atoms with Gasteiger partial charge >= 0.3 is 0 Å². The summed E-state index contributed by atoms with van der Waals surface area (Å²) >= 11 is 0. The second-order valence-corrected chi connectivity index (χ2v) is 4.24. The Morgan fingerprint density at radius 1 is 1.35 bits per heavy atom. The zero-order valence-electron chi connectivity index (χ0n) is 9.61. The van der Waals surface area contributed by atoms with E-state index in [2.05, 4.69) is 10.6 Å². The molecule has 0 aromatic heterocycles. The first-order valence-corrected chi connectivity index (χ1v) is 5.86. The second-order valence-electron chi connectivity index (χ2n) is 4.24. The fourth-order valence-electron chi connectivity index (χ4n) is 1.99. The summed E-state index contributed by atoms with van der Waals surface area (Å²) in [5.41, 5.74) is 1.08. The Morgan fingerprint density at radius 3 is 2.82 bits per heavy atom. The largest absolute Gasteiger partial charge is 0.349 e. The number of carbonyl (C=O) groups excluding carboxylic acids is 2. The third kappa shape index (κ3) is 3.14. The third-order valence-corrected chi connectivity index (χ3v) is 2.96. The number of hydrogen-bond donors (Lipinski definition) is 2. The van der Waals surface area contributed by atoms with Gasteiger partial charge < -0.3 is 10.6 Å². The summed E-state index contributed by atoms with van der Waals surface area (Å²) in [6, 6.07) is 6.99. The summed E-state index contributed by atoms with van der Waals surface area (Å²) in [6.07, 6.45) is 2.67. The lowest BCUT2D eigenvalue weighted by molar-refractivity contribution is 0.0929. The average molecular weight is 232 g/mol. The molecule has 0 radical (unpaired) electrons. The van der Waals surface area contributed by atoms with Gasteiger partial charge in [0.25, 0.3) is 5.91 Å². The van der Waals surface area contributed by atoms with Crippen LogP contribution in [0.15, 0.2) is 24.3 Å². The molecule has 1 aromatic rings. The highest BCUT2D eigenvalue weighted by Gasteiger charge is 2.16. The number of aldehydes is 1. The standard InChI is InChI=1S/C13H16N2O2/c16-9-10-2-1-3-11(8-10)13(17)15-12-4-6-14-7-5-12/h1-3,8-9,12,14H,4-7H2,(H,15,17). The number of rotatable bonds is 3. The molecule has 1 saturated heterocycles. The number of benzene rings is 1. The molecule has 0 unspecified atom stereocenters. The van der Waals surface area contributed by atoms with Gasteiger partial charge in [-0.2, -0.15) is 0 Å². The van der Waals surface area contributed by atoms with E-state index in [0.29, 0.717) is 11.1 Å². The highest BCUT2D eigenvalue weighted by Crippen LogP contribution is 2.06. The Bertz CT molecular complexity index is 412. The van der Waals surface area contributed by atoms with Crippen LogP contribution in [0.2, 0.25) is 0 Å². The van der Waals surface area contributed by atoms with E-state index >= 15 is 0 Å². The van der Waals surface area contributed by atoms with Gasteiger partial charge in [-0.05, 0) is 38.1 Å². The number of carbonyl (C=O) groups is 2. The van der Waals surface area contributed by atoms with E-state index in [-0.39, 0.29) is 11.9 Å². The van der Waals surface area contributed by atoms with Crippen LogP contribution >= 0.6 is 0 Å². The quantitative estimate of drug-likeness (QED) is 0.764. The molecular weight excluding hydrogens is 216 g/mol. The molecule has 17 heavy (non-hydrogen) atoms. The molecule has 0 aliphatic carbocycles. The molecular formula is C13H16N2O2. The minimum absolute atomic E-state index is 0.0967. The third-order valence-electron chi connectivity index (χ3n) is 2.96. The SMILES string of the molecule is O=Cc1cccc(C(=O)NC2CCNCC2)c1. The van der Waals surface area contributed by atoms with Gasteiger partial charge in [0, 0.05) is 17.2 Å². The zero-order chi connectivity index (χ0) is 12.1. The molecule has 1 aromatic carbocycles. The van der Waals surface area contributed by atoms with E-state index in [0.717, 1.165) is 32.2 Å². The van der Waals surface area contributed by atoms with Crippen molar-refractivity contribution in [2.75, 3.05) is 13.1 Å². The van der Waals surface area contributed by atoms with Crippen molar-refractivity contribution in [1.29, 1.82) is 0 Å². The molecule has 1 aliphatic heterocycles. The van der Waals surface area contributed by atoms with Crippen LogP contribution in [0.4, 0.5) is 0 Å². The molecule has 90 valence electrons. The molecule has 0 saturated carbocycles. The first-order chi connectivity index (χ1) is 8.29. The summed E-state index contributed by atoms with van der Waals surface area (Å²) < 4.78 is 0. The fourth-order valence-corrected chi connectivity index (χ4v) is 1.99. The van der Waals surface area contributed by atoms with Crippen LogP contribution in [0.3, 0.4) is 0 Å². The van der Waals surface area contributed by atoms with Gasteiger partial charge in [-0.1, -0.05) is 12.1 Å². The van der Waals surface area contributed by atoms with Gasteiger partial charge in [-0.3, -0.25) is 9.59 Å². The van der Waals surface area contributed by atoms with Crippen molar-refractivity contribution >= 4 is 12.2 Å². The van der Waals surface area contributed by atoms with Gasteiger partial charge in [-0.15, -0.1) is 0 Å². The summed E-state index contributed by atoms with van der Waals surface area (Å²) in [4.78, 5) is 22.6. The van der Waals surface area contributed by atoms with Crippen LogP contribution in [0, 0.1) is 0 Å². The molecule has 1 aliphatic rings. The van der Waals surface area contributed by atoms with Crippen LogP contribution in [0.1, 0.15) is 33.6 Å². The van der Waals surface area contributed by atoms with Crippen LogP contribution in [-0.4, -0.2) is 31.3 Å². The van der Waals surface area contributed by atoms with Crippen LogP contribution in [0.5, 0.6) is 0 Å². The molecule has 2 N–H and O–H groups in total. The lowest BCUT2D eigenvalue weighted by Crippen LogP contribution is -2.42. The van der Waals surface area contributed by atoms with E-state index in [1.54, 1.807) is 24.3 Å². The lowest BCUT2D eigenvalue weighted by Gasteiger charge is -2.23. The Hall–Kier alpha value is -1.68. The van der Waals surface area contributed by atoms with Crippen LogP contribution in [-0.2, 0) is 0 Å². The maximum atomic E-state index is 11.9. The van der Waals surface area contributed by atoms with Crippen molar-refractivity contribution in [1.82, 2.24) is 10.6 Å². The first-order valence-electron chi connectivity index (χ1n) is 5.86. The van der Waals surface area contributed by atoms with Crippen LogP contribution < -0.4 is 10.6 Å². The Balaban J connectivity index is 2.00. The lowest BCUT2D eigenvalue weighted by atomic mass is 10.1. The van der Waals surface area contributed by atoms with Gasteiger partial charge in [0.05, 0.1) is 0 Å². The monoisotopic (exact) mass is 232 g/mol. The first kappa shape index (κ1) is 11.8. The second kappa shape index (κ2) is 5.59.